The van der Waals surface area contributed by atoms with Gasteiger partial charge in [0.1, 0.15) is 0 Å². The van der Waals surface area contributed by atoms with Crippen molar-refractivity contribution in [3.63, 3.8) is 0 Å². The minimum Gasteiger partial charge on any atom is -0.325 e. The fraction of sp³-hybridized carbons (Fsp3) is 0.214. The first-order valence-corrected chi connectivity index (χ1v) is 6.03. The number of amides is 1. The lowest BCUT2D eigenvalue weighted by Crippen LogP contribution is -2.45. The number of alkyl halides is 6. The van der Waals surface area contributed by atoms with E-state index in [9.17, 15) is 31.1 Å². The van der Waals surface area contributed by atoms with Gasteiger partial charge in [0.05, 0.1) is 0 Å². The highest BCUT2D eigenvalue weighted by atomic mass is 19.4. The van der Waals surface area contributed by atoms with Crippen molar-refractivity contribution >= 4 is 22.4 Å². The third-order valence-electron chi connectivity index (χ3n) is 2.96. The molecular weight excluding hydrogens is 312 g/mol. The van der Waals surface area contributed by atoms with Gasteiger partial charge in [0.15, 0.2) is 0 Å². The standard InChI is InChI=1S/C14H9F6NO/c15-13(16,17)11(14(18,19)20)12(22)21-10-7-3-5-8-4-1-2-6-9(8)10/h1-7,11H,(H,21,22). The Balaban J connectivity index is 2.37. The van der Waals surface area contributed by atoms with E-state index in [1.807, 2.05) is 0 Å². The molecule has 0 aliphatic heterocycles. The molecule has 22 heavy (non-hydrogen) atoms. The molecule has 0 aliphatic carbocycles. The van der Waals surface area contributed by atoms with Crippen LogP contribution in [0.15, 0.2) is 42.5 Å². The van der Waals surface area contributed by atoms with Gasteiger partial charge < -0.3 is 5.32 Å². The summed E-state index contributed by atoms with van der Waals surface area (Å²) in [6.45, 7) is 0. The molecule has 0 aliphatic rings. The molecule has 0 bridgehead atoms. The van der Waals surface area contributed by atoms with Gasteiger partial charge >= 0.3 is 12.4 Å². The highest BCUT2D eigenvalue weighted by Gasteiger charge is 2.61. The highest BCUT2D eigenvalue weighted by molar-refractivity contribution is 6.03. The number of fused-ring (bicyclic) bond motifs is 1. The molecule has 0 saturated carbocycles. The van der Waals surface area contributed by atoms with Gasteiger partial charge in [-0.05, 0) is 11.5 Å². The Labute approximate surface area is 120 Å². The second-order valence-corrected chi connectivity index (χ2v) is 4.53. The fourth-order valence-corrected chi connectivity index (χ4v) is 2.02. The Kier molecular flexibility index (Phi) is 4.04. The summed E-state index contributed by atoms with van der Waals surface area (Å²) in [5.74, 6) is -6.23. The van der Waals surface area contributed by atoms with Crippen LogP contribution in [0.5, 0.6) is 0 Å². The molecule has 8 heteroatoms. The number of hydrogen-bond acceptors (Lipinski definition) is 1. The van der Waals surface area contributed by atoms with Crippen LogP contribution >= 0.6 is 0 Å². The van der Waals surface area contributed by atoms with Gasteiger partial charge in [0.2, 0.25) is 11.8 Å². The van der Waals surface area contributed by atoms with Crippen molar-refractivity contribution in [3.05, 3.63) is 42.5 Å². The zero-order chi connectivity index (χ0) is 16.5. The van der Waals surface area contributed by atoms with E-state index in [2.05, 4.69) is 0 Å². The summed E-state index contributed by atoms with van der Waals surface area (Å²) < 4.78 is 75.0. The summed E-state index contributed by atoms with van der Waals surface area (Å²) in [6.07, 6.45) is -11.4. The zero-order valence-electron chi connectivity index (χ0n) is 10.8. The molecule has 2 rings (SSSR count). The Hall–Kier alpha value is -2.25. The maximum atomic E-state index is 12.5. The van der Waals surface area contributed by atoms with E-state index in [0.717, 1.165) is 0 Å². The van der Waals surface area contributed by atoms with E-state index in [4.69, 9.17) is 0 Å². The molecule has 2 nitrogen and oxygen atoms in total. The molecular formula is C14H9F6NO. The van der Waals surface area contributed by atoms with Gasteiger partial charge in [-0.15, -0.1) is 0 Å². The van der Waals surface area contributed by atoms with Crippen LogP contribution in [0.25, 0.3) is 10.8 Å². The fourth-order valence-electron chi connectivity index (χ4n) is 2.02. The van der Waals surface area contributed by atoms with Crippen molar-refractivity contribution in [2.45, 2.75) is 12.4 Å². The molecule has 0 fully saturated rings. The number of nitrogens with one attached hydrogen (secondary N) is 1. The van der Waals surface area contributed by atoms with Gasteiger partial charge in [-0.1, -0.05) is 36.4 Å². The first-order chi connectivity index (χ1) is 10.1. The lowest BCUT2D eigenvalue weighted by Gasteiger charge is -2.22. The van der Waals surface area contributed by atoms with E-state index in [1.54, 1.807) is 29.6 Å². The minimum atomic E-state index is -5.72. The molecule has 2 aromatic carbocycles. The van der Waals surface area contributed by atoms with Gasteiger partial charge in [-0.2, -0.15) is 26.3 Å². The van der Waals surface area contributed by atoms with Gasteiger partial charge in [-0.25, -0.2) is 0 Å². The number of hydrogen-bond donors (Lipinski definition) is 1. The van der Waals surface area contributed by atoms with Crippen LogP contribution < -0.4 is 5.32 Å². The van der Waals surface area contributed by atoms with Crippen molar-refractivity contribution in [1.29, 1.82) is 0 Å². The molecule has 0 heterocycles. The maximum absolute atomic E-state index is 12.5. The van der Waals surface area contributed by atoms with Crippen molar-refractivity contribution in [2.24, 2.45) is 5.92 Å². The van der Waals surface area contributed by atoms with Gasteiger partial charge in [-0.3, -0.25) is 4.79 Å². The van der Waals surface area contributed by atoms with Crippen LogP contribution in [0.1, 0.15) is 0 Å². The van der Waals surface area contributed by atoms with Crippen LogP contribution in [0.4, 0.5) is 32.0 Å². The summed E-state index contributed by atoms with van der Waals surface area (Å²) in [7, 11) is 0. The molecule has 118 valence electrons. The number of carbonyl (C=O) groups excluding carboxylic acids is 1. The van der Waals surface area contributed by atoms with Crippen LogP contribution in [-0.2, 0) is 4.79 Å². The van der Waals surface area contributed by atoms with Crippen molar-refractivity contribution in [3.8, 4) is 0 Å². The largest absolute Gasteiger partial charge is 0.409 e. The number of halogens is 6. The van der Waals surface area contributed by atoms with E-state index in [-0.39, 0.29) is 5.69 Å². The molecule has 2 aromatic rings. The summed E-state index contributed by atoms with van der Waals surface area (Å²) in [5, 5.41) is 2.65. The highest BCUT2D eigenvalue weighted by Crippen LogP contribution is 2.40. The molecule has 1 N–H and O–H groups in total. The second kappa shape index (κ2) is 5.51. The Bertz CT molecular complexity index is 672. The summed E-state index contributed by atoms with van der Waals surface area (Å²) in [6, 6.07) is 10.6. The zero-order valence-corrected chi connectivity index (χ0v) is 10.8. The summed E-state index contributed by atoms with van der Waals surface area (Å²) in [5.41, 5.74) is -0.110. The Morgan fingerprint density at radius 2 is 1.41 bits per heavy atom. The maximum Gasteiger partial charge on any atom is 0.409 e. The van der Waals surface area contributed by atoms with E-state index < -0.39 is 24.2 Å². The van der Waals surface area contributed by atoms with E-state index in [0.29, 0.717) is 10.8 Å². The van der Waals surface area contributed by atoms with Gasteiger partial charge in [0, 0.05) is 11.1 Å². The third-order valence-corrected chi connectivity index (χ3v) is 2.96. The molecule has 0 spiro atoms. The lowest BCUT2D eigenvalue weighted by molar-refractivity contribution is -0.272. The average molecular weight is 321 g/mol. The number of benzene rings is 2. The molecule has 0 aromatic heterocycles. The van der Waals surface area contributed by atoms with Crippen molar-refractivity contribution in [1.82, 2.24) is 0 Å². The third kappa shape index (κ3) is 3.32. The molecule has 1 amide bonds. The first-order valence-electron chi connectivity index (χ1n) is 6.03. The normalized spacial score (nSPS) is 12.7. The van der Waals surface area contributed by atoms with E-state index >= 15 is 0 Å². The summed E-state index contributed by atoms with van der Waals surface area (Å²) in [4.78, 5) is 11.5. The molecule has 0 saturated heterocycles. The van der Waals surface area contributed by atoms with Crippen LogP contribution in [0.3, 0.4) is 0 Å². The quantitative estimate of drug-likeness (QED) is 0.810. The molecule has 0 radical (unpaired) electrons. The molecule has 0 unspecified atom stereocenters. The lowest BCUT2D eigenvalue weighted by atomic mass is 10.1. The smallest absolute Gasteiger partial charge is 0.325 e. The average Bonchev–Trinajstić information content (AvgIpc) is 2.35. The number of carbonyl (C=O) groups is 1. The van der Waals surface area contributed by atoms with Crippen LogP contribution in [-0.4, -0.2) is 18.3 Å². The predicted octanol–water partition coefficient (Wildman–Crippen LogP) is 4.52. The van der Waals surface area contributed by atoms with Crippen molar-refractivity contribution in [2.75, 3.05) is 5.32 Å². The topological polar surface area (TPSA) is 29.1 Å². The number of anilines is 1. The summed E-state index contributed by atoms with van der Waals surface area (Å²) >= 11 is 0. The minimum absolute atomic E-state index is 0.110. The predicted molar refractivity (Wildman–Crippen MR) is 68.2 cm³/mol. The SMILES string of the molecule is O=C(Nc1cccc2ccccc12)C(C(F)(F)F)C(F)(F)F. The van der Waals surface area contributed by atoms with Crippen LogP contribution in [0.2, 0.25) is 0 Å². The van der Waals surface area contributed by atoms with E-state index in [1.165, 1.54) is 18.2 Å². The Morgan fingerprint density at radius 1 is 0.864 bits per heavy atom. The van der Waals surface area contributed by atoms with Crippen LogP contribution in [0, 0.1) is 5.92 Å². The second-order valence-electron chi connectivity index (χ2n) is 4.53. The number of rotatable bonds is 2. The Morgan fingerprint density at radius 3 is 2.00 bits per heavy atom. The molecule has 0 atom stereocenters. The van der Waals surface area contributed by atoms with Gasteiger partial charge in [0.25, 0.3) is 0 Å². The first kappa shape index (κ1) is 16.1. The van der Waals surface area contributed by atoms with Crippen molar-refractivity contribution < 1.29 is 31.1 Å². The monoisotopic (exact) mass is 321 g/mol.